The van der Waals surface area contributed by atoms with E-state index in [-0.39, 0.29) is 11.3 Å². The van der Waals surface area contributed by atoms with Gasteiger partial charge in [0.2, 0.25) is 0 Å². The number of pyridine rings is 1. The van der Waals surface area contributed by atoms with Crippen molar-refractivity contribution in [3.8, 4) is 11.3 Å². The summed E-state index contributed by atoms with van der Waals surface area (Å²) in [6.45, 7) is 1.41. The van der Waals surface area contributed by atoms with Crippen molar-refractivity contribution in [3.63, 3.8) is 0 Å². The fourth-order valence-corrected chi connectivity index (χ4v) is 4.21. The molecule has 26 heavy (non-hydrogen) atoms. The van der Waals surface area contributed by atoms with Crippen molar-refractivity contribution >= 4 is 11.9 Å². The Morgan fingerprint density at radius 2 is 1.85 bits per heavy atom. The van der Waals surface area contributed by atoms with E-state index in [1.54, 1.807) is 0 Å². The molecule has 0 spiro atoms. The number of allylic oxidation sites excluding steroid dienone is 1. The Balaban J connectivity index is 1.82. The second-order valence-electron chi connectivity index (χ2n) is 7.14. The summed E-state index contributed by atoms with van der Waals surface area (Å²) in [5.41, 5.74) is 11.1. The molecule has 4 heteroatoms. The van der Waals surface area contributed by atoms with Gasteiger partial charge in [0.15, 0.2) is 5.78 Å². The topological polar surface area (TPSA) is 65.1 Å². The fraction of sp³-hybridized carbons (Fsp3) is 0.364. The summed E-state index contributed by atoms with van der Waals surface area (Å²) in [6.07, 6.45) is 8.90. The smallest absolute Gasteiger partial charge is 0.259 e. The number of nitrogens with zero attached hydrogens (tertiary/aromatic N) is 1. The van der Waals surface area contributed by atoms with Gasteiger partial charge in [0.1, 0.15) is 0 Å². The van der Waals surface area contributed by atoms with E-state index in [9.17, 15) is 9.59 Å². The number of hydrogen-bond donors (Lipinski definition) is 1. The Morgan fingerprint density at radius 1 is 1.04 bits per heavy atom. The van der Waals surface area contributed by atoms with Crippen LogP contribution in [0.15, 0.2) is 35.1 Å². The van der Waals surface area contributed by atoms with E-state index in [0.717, 1.165) is 48.9 Å². The highest BCUT2D eigenvalue weighted by molar-refractivity contribution is 6.05. The number of carbonyl (C=O) groups is 1. The first-order chi connectivity index (χ1) is 12.7. The van der Waals surface area contributed by atoms with Crippen molar-refractivity contribution in [2.45, 2.75) is 45.1 Å². The molecule has 2 aliphatic rings. The minimum atomic E-state index is -0.0291. The van der Waals surface area contributed by atoms with Crippen molar-refractivity contribution in [2.24, 2.45) is 5.73 Å². The number of rotatable bonds is 6. The summed E-state index contributed by atoms with van der Waals surface area (Å²) in [5.74, 6) is 0.0683. The summed E-state index contributed by atoms with van der Waals surface area (Å²) in [6, 6.07) is 8.20. The van der Waals surface area contributed by atoms with Crippen LogP contribution in [0, 0.1) is 0 Å². The molecule has 0 amide bonds. The Kier molecular flexibility index (Phi) is 4.60. The number of aromatic nitrogens is 1. The molecular formula is C22H24N2O2. The van der Waals surface area contributed by atoms with Crippen molar-refractivity contribution in [3.05, 3.63) is 62.9 Å². The lowest BCUT2D eigenvalue weighted by Gasteiger charge is -2.19. The Bertz CT molecular complexity index is 953. The number of unbranched alkanes of at least 4 members (excludes halogenated alkanes) is 3. The first-order valence-electron chi connectivity index (χ1n) is 9.50. The molecule has 0 fully saturated rings. The average molecular weight is 348 g/mol. The van der Waals surface area contributed by atoms with Gasteiger partial charge in [-0.2, -0.15) is 0 Å². The van der Waals surface area contributed by atoms with Crippen LogP contribution in [0.1, 0.15) is 59.2 Å². The highest BCUT2D eigenvalue weighted by Gasteiger charge is 2.31. The molecule has 0 atom stereocenters. The SMILES string of the molecule is NCCCCCCn1c2c(c3c(c1=O)C=CCC3=O)Cc1ccccc1-2. The summed E-state index contributed by atoms with van der Waals surface area (Å²) >= 11 is 0. The first kappa shape index (κ1) is 17.0. The van der Waals surface area contributed by atoms with Crippen LogP contribution in [0.5, 0.6) is 0 Å². The molecule has 0 saturated carbocycles. The molecule has 2 N–H and O–H groups in total. The van der Waals surface area contributed by atoms with Gasteiger partial charge in [0.05, 0.1) is 11.3 Å². The third-order valence-electron chi connectivity index (χ3n) is 5.44. The van der Waals surface area contributed by atoms with Crippen molar-refractivity contribution in [1.29, 1.82) is 0 Å². The minimum absolute atomic E-state index is 0.0291. The highest BCUT2D eigenvalue weighted by atomic mass is 16.1. The normalized spacial score (nSPS) is 14.3. The van der Waals surface area contributed by atoms with Crippen LogP contribution < -0.4 is 11.3 Å². The summed E-state index contributed by atoms with van der Waals surface area (Å²) < 4.78 is 1.91. The van der Waals surface area contributed by atoms with Gasteiger partial charge in [0.25, 0.3) is 5.56 Å². The Labute approximate surface area is 153 Å². The van der Waals surface area contributed by atoms with Crippen molar-refractivity contribution in [1.82, 2.24) is 4.57 Å². The van der Waals surface area contributed by atoms with Gasteiger partial charge in [0, 0.05) is 30.5 Å². The molecule has 0 bridgehead atoms. The van der Waals surface area contributed by atoms with E-state index < -0.39 is 0 Å². The zero-order chi connectivity index (χ0) is 18.1. The van der Waals surface area contributed by atoms with Crippen molar-refractivity contribution < 1.29 is 4.79 Å². The molecule has 4 nitrogen and oxygen atoms in total. The van der Waals surface area contributed by atoms with E-state index in [1.807, 2.05) is 28.9 Å². The molecule has 0 saturated heterocycles. The van der Waals surface area contributed by atoms with E-state index in [4.69, 9.17) is 5.73 Å². The number of carbonyl (C=O) groups excluding carboxylic acids is 1. The molecule has 134 valence electrons. The summed E-state index contributed by atoms with van der Waals surface area (Å²) in [5, 5.41) is 0. The summed E-state index contributed by atoms with van der Waals surface area (Å²) in [4.78, 5) is 25.8. The fourth-order valence-electron chi connectivity index (χ4n) is 4.21. The largest absolute Gasteiger partial charge is 0.330 e. The number of nitrogens with two attached hydrogens (primary N) is 1. The monoisotopic (exact) mass is 348 g/mol. The molecule has 1 aromatic heterocycles. The van der Waals surface area contributed by atoms with Crippen LogP contribution in [-0.4, -0.2) is 16.9 Å². The van der Waals surface area contributed by atoms with Crippen LogP contribution in [0.4, 0.5) is 0 Å². The molecule has 2 aromatic rings. The minimum Gasteiger partial charge on any atom is -0.330 e. The first-order valence-corrected chi connectivity index (χ1v) is 9.50. The third kappa shape index (κ3) is 2.74. The average Bonchev–Trinajstić information content (AvgIpc) is 3.03. The number of benzene rings is 1. The van der Waals surface area contributed by atoms with E-state index in [0.29, 0.717) is 30.6 Å². The lowest BCUT2D eigenvalue weighted by atomic mass is 9.91. The van der Waals surface area contributed by atoms with Gasteiger partial charge >= 0.3 is 0 Å². The standard InChI is InChI=1S/C22H24N2O2/c23-12-5-1-2-6-13-24-21-16-9-4-3-8-15(16)14-18(21)20-17(22(24)26)10-7-11-19(20)25/h3-4,7-10H,1-2,5-6,11-14,23H2. The maximum Gasteiger partial charge on any atom is 0.259 e. The van der Waals surface area contributed by atoms with Crippen LogP contribution in [-0.2, 0) is 13.0 Å². The van der Waals surface area contributed by atoms with Crippen molar-refractivity contribution in [2.75, 3.05) is 6.54 Å². The van der Waals surface area contributed by atoms with Gasteiger partial charge in [-0.25, -0.2) is 0 Å². The van der Waals surface area contributed by atoms with E-state index in [2.05, 4.69) is 12.1 Å². The van der Waals surface area contributed by atoms with Gasteiger partial charge < -0.3 is 10.3 Å². The van der Waals surface area contributed by atoms with Gasteiger partial charge in [-0.05, 0) is 30.5 Å². The molecule has 2 aliphatic carbocycles. The Morgan fingerprint density at radius 3 is 2.69 bits per heavy atom. The van der Waals surface area contributed by atoms with E-state index in [1.165, 1.54) is 5.56 Å². The number of fused-ring (bicyclic) bond motifs is 5. The molecule has 1 aromatic carbocycles. The second-order valence-corrected chi connectivity index (χ2v) is 7.14. The molecule has 0 unspecified atom stereocenters. The second kappa shape index (κ2) is 7.04. The van der Waals surface area contributed by atoms with Crippen LogP contribution >= 0.6 is 0 Å². The van der Waals surface area contributed by atoms with E-state index >= 15 is 0 Å². The predicted octanol–water partition coefficient (Wildman–Crippen LogP) is 3.54. The summed E-state index contributed by atoms with van der Waals surface area (Å²) in [7, 11) is 0. The van der Waals surface area contributed by atoms with Gasteiger partial charge in [-0.15, -0.1) is 0 Å². The Hall–Kier alpha value is -2.46. The maximum absolute atomic E-state index is 13.2. The molecular weight excluding hydrogens is 324 g/mol. The number of hydrogen-bond acceptors (Lipinski definition) is 3. The maximum atomic E-state index is 13.2. The third-order valence-corrected chi connectivity index (χ3v) is 5.44. The zero-order valence-electron chi connectivity index (χ0n) is 15.0. The quantitative estimate of drug-likeness (QED) is 0.693. The lowest BCUT2D eigenvalue weighted by molar-refractivity contribution is 0.0993. The molecule has 0 aliphatic heterocycles. The van der Waals surface area contributed by atoms with Crippen LogP contribution in [0.25, 0.3) is 17.3 Å². The molecule has 1 heterocycles. The van der Waals surface area contributed by atoms with Crippen LogP contribution in [0.2, 0.25) is 0 Å². The zero-order valence-corrected chi connectivity index (χ0v) is 15.0. The highest BCUT2D eigenvalue weighted by Crippen LogP contribution is 2.39. The predicted molar refractivity (Wildman–Crippen MR) is 104 cm³/mol. The van der Waals surface area contributed by atoms with Crippen LogP contribution in [0.3, 0.4) is 0 Å². The molecule has 0 radical (unpaired) electrons. The lowest BCUT2D eigenvalue weighted by Crippen LogP contribution is -2.29. The van der Waals surface area contributed by atoms with Gasteiger partial charge in [-0.1, -0.05) is 49.3 Å². The number of ketones is 1. The van der Waals surface area contributed by atoms with Gasteiger partial charge in [-0.3, -0.25) is 9.59 Å². The number of Topliss-reactive ketones (excluding diaryl/α,β-unsaturated/α-hetero) is 1. The molecule has 4 rings (SSSR count).